The molecule has 0 spiro atoms. The summed E-state index contributed by atoms with van der Waals surface area (Å²) in [4.78, 5) is 0. The highest BCUT2D eigenvalue weighted by Crippen LogP contribution is 2.23. The van der Waals surface area contributed by atoms with Crippen LogP contribution in [0.25, 0.3) is 0 Å². The lowest BCUT2D eigenvalue weighted by Crippen LogP contribution is -2.06. The molecule has 13 heavy (non-hydrogen) atoms. The molecule has 0 aromatic heterocycles. The lowest BCUT2D eigenvalue weighted by atomic mass is 10.1. The zero-order valence-electron chi connectivity index (χ0n) is 7.74. The molecule has 0 N–H and O–H groups in total. The summed E-state index contributed by atoms with van der Waals surface area (Å²) in [5.41, 5.74) is 0. The molecule has 0 unspecified atom stereocenters. The normalized spacial score (nSPS) is 12.0. The predicted molar refractivity (Wildman–Crippen MR) is 52.2 cm³/mol. The Bertz CT molecular complexity index is 112. The lowest BCUT2D eigenvalue weighted by molar-refractivity contribution is -0.135. The molecule has 0 aromatic rings. The van der Waals surface area contributed by atoms with Crippen molar-refractivity contribution in [3.05, 3.63) is 0 Å². The van der Waals surface area contributed by atoms with Gasteiger partial charge < -0.3 is 0 Å². The molecule has 0 fully saturated rings. The highest BCUT2D eigenvalue weighted by Gasteiger charge is 2.25. The fourth-order valence-electron chi connectivity index (χ4n) is 1.14. The molecular formula is C9H17F3S. The Morgan fingerprint density at radius 3 is 1.69 bits per heavy atom. The summed E-state index contributed by atoms with van der Waals surface area (Å²) < 4.78 is 35.0. The van der Waals surface area contributed by atoms with Crippen molar-refractivity contribution < 1.29 is 13.2 Å². The summed E-state index contributed by atoms with van der Waals surface area (Å²) in [7, 11) is 0. The standard InChI is InChI=1S/C9H17F3S/c10-9(11,12)7-5-3-1-2-4-6-8-13/h13H,1-8H2. The summed E-state index contributed by atoms with van der Waals surface area (Å²) in [5.74, 6) is 0.878. The average Bonchev–Trinajstić information content (AvgIpc) is 2.01. The second kappa shape index (κ2) is 7.54. The van der Waals surface area contributed by atoms with Gasteiger partial charge in [-0.05, 0) is 18.6 Å². The van der Waals surface area contributed by atoms with Crippen LogP contribution in [0.4, 0.5) is 13.2 Å². The molecule has 0 amide bonds. The maximum Gasteiger partial charge on any atom is 0.389 e. The molecule has 0 aromatic carbocycles. The van der Waals surface area contributed by atoms with Crippen LogP contribution in [0.15, 0.2) is 0 Å². The Kier molecular flexibility index (Phi) is 7.62. The molecule has 0 saturated heterocycles. The monoisotopic (exact) mass is 214 g/mol. The van der Waals surface area contributed by atoms with Crippen LogP contribution < -0.4 is 0 Å². The number of rotatable bonds is 7. The van der Waals surface area contributed by atoms with Crippen LogP contribution in [0.2, 0.25) is 0 Å². The van der Waals surface area contributed by atoms with Crippen LogP contribution in [0.1, 0.15) is 44.9 Å². The predicted octanol–water partition coefficient (Wildman–Crippen LogP) is 4.21. The smallest absolute Gasteiger partial charge is 0.179 e. The van der Waals surface area contributed by atoms with E-state index in [0.29, 0.717) is 6.42 Å². The van der Waals surface area contributed by atoms with Crippen molar-refractivity contribution in [3.8, 4) is 0 Å². The minimum Gasteiger partial charge on any atom is -0.179 e. The van der Waals surface area contributed by atoms with Gasteiger partial charge in [-0.2, -0.15) is 25.8 Å². The first-order valence-corrected chi connectivity index (χ1v) is 5.37. The Labute approximate surface area is 83.3 Å². The van der Waals surface area contributed by atoms with Crippen molar-refractivity contribution in [1.82, 2.24) is 0 Å². The second-order valence-electron chi connectivity index (χ2n) is 3.21. The zero-order valence-corrected chi connectivity index (χ0v) is 8.63. The highest BCUT2D eigenvalue weighted by molar-refractivity contribution is 7.80. The van der Waals surface area contributed by atoms with Crippen molar-refractivity contribution in [2.75, 3.05) is 5.75 Å². The summed E-state index contributed by atoms with van der Waals surface area (Å²) in [5, 5.41) is 0. The Hall–Kier alpha value is 0.140. The van der Waals surface area contributed by atoms with Crippen molar-refractivity contribution in [1.29, 1.82) is 0 Å². The van der Waals surface area contributed by atoms with Gasteiger partial charge in [0.2, 0.25) is 0 Å². The van der Waals surface area contributed by atoms with Crippen LogP contribution in [0, 0.1) is 0 Å². The molecule has 0 aliphatic carbocycles. The minimum atomic E-state index is -3.97. The van der Waals surface area contributed by atoms with E-state index in [1.807, 2.05) is 0 Å². The fourth-order valence-corrected chi connectivity index (χ4v) is 1.37. The number of unbranched alkanes of at least 4 members (excludes halogenated alkanes) is 5. The molecule has 0 radical (unpaired) electrons. The maximum absolute atomic E-state index is 11.7. The van der Waals surface area contributed by atoms with Crippen LogP contribution >= 0.6 is 12.6 Å². The first-order valence-electron chi connectivity index (χ1n) is 4.74. The van der Waals surface area contributed by atoms with Gasteiger partial charge in [0, 0.05) is 6.42 Å². The summed E-state index contributed by atoms with van der Waals surface area (Å²) >= 11 is 4.05. The van der Waals surface area contributed by atoms with E-state index in [2.05, 4.69) is 12.6 Å². The van der Waals surface area contributed by atoms with Gasteiger partial charge in [-0.25, -0.2) is 0 Å². The molecule has 4 heteroatoms. The van der Waals surface area contributed by atoms with Crippen molar-refractivity contribution in [2.45, 2.75) is 51.1 Å². The van der Waals surface area contributed by atoms with E-state index in [1.165, 1.54) is 0 Å². The quantitative estimate of drug-likeness (QED) is 0.476. The molecule has 0 saturated carbocycles. The van der Waals surface area contributed by atoms with Gasteiger partial charge in [0.25, 0.3) is 0 Å². The molecule has 0 heterocycles. The summed E-state index contributed by atoms with van der Waals surface area (Å²) in [6.45, 7) is 0. The van der Waals surface area contributed by atoms with Gasteiger partial charge in [0.05, 0.1) is 0 Å². The van der Waals surface area contributed by atoms with Gasteiger partial charge in [-0.1, -0.05) is 25.7 Å². The summed E-state index contributed by atoms with van der Waals surface area (Å²) in [6.07, 6.45) is 0.515. The van der Waals surface area contributed by atoms with Crippen LogP contribution in [-0.2, 0) is 0 Å². The SMILES string of the molecule is FC(F)(F)CCCCCCCCS. The Morgan fingerprint density at radius 1 is 0.769 bits per heavy atom. The Morgan fingerprint density at radius 2 is 1.23 bits per heavy atom. The van der Waals surface area contributed by atoms with Gasteiger partial charge in [0.1, 0.15) is 0 Å². The van der Waals surface area contributed by atoms with Crippen LogP contribution in [0.3, 0.4) is 0 Å². The molecule has 0 nitrogen and oxygen atoms in total. The third-order valence-electron chi connectivity index (χ3n) is 1.87. The number of halogens is 3. The maximum atomic E-state index is 11.7. The average molecular weight is 214 g/mol. The minimum absolute atomic E-state index is 0.282. The zero-order chi connectivity index (χ0) is 10.2. The molecular weight excluding hydrogens is 197 g/mol. The first-order chi connectivity index (χ1) is 6.06. The van der Waals surface area contributed by atoms with Gasteiger partial charge >= 0.3 is 6.18 Å². The fraction of sp³-hybridized carbons (Fsp3) is 1.00. The largest absolute Gasteiger partial charge is 0.389 e. The van der Waals surface area contributed by atoms with Gasteiger partial charge in [-0.15, -0.1) is 0 Å². The number of hydrogen-bond acceptors (Lipinski definition) is 1. The van der Waals surface area contributed by atoms with E-state index in [1.54, 1.807) is 0 Å². The van der Waals surface area contributed by atoms with E-state index >= 15 is 0 Å². The van der Waals surface area contributed by atoms with E-state index < -0.39 is 12.6 Å². The topological polar surface area (TPSA) is 0 Å². The van der Waals surface area contributed by atoms with Crippen LogP contribution in [0.5, 0.6) is 0 Å². The molecule has 0 bridgehead atoms. The van der Waals surface area contributed by atoms with Crippen molar-refractivity contribution in [3.63, 3.8) is 0 Å². The third kappa shape index (κ3) is 12.1. The van der Waals surface area contributed by atoms with Gasteiger partial charge in [-0.3, -0.25) is 0 Å². The molecule has 0 aliphatic heterocycles. The highest BCUT2D eigenvalue weighted by atomic mass is 32.1. The second-order valence-corrected chi connectivity index (χ2v) is 3.66. The van der Waals surface area contributed by atoms with Crippen molar-refractivity contribution >= 4 is 12.6 Å². The molecule has 0 aliphatic rings. The molecule has 0 rings (SSSR count). The third-order valence-corrected chi connectivity index (χ3v) is 2.18. The number of alkyl halides is 3. The number of thiol groups is 1. The van der Waals surface area contributed by atoms with Crippen LogP contribution in [-0.4, -0.2) is 11.9 Å². The Balaban J connectivity index is 3.00. The number of hydrogen-bond donors (Lipinski definition) is 1. The molecule has 80 valence electrons. The van der Waals surface area contributed by atoms with E-state index in [-0.39, 0.29) is 6.42 Å². The first kappa shape index (κ1) is 13.1. The van der Waals surface area contributed by atoms with E-state index in [0.717, 1.165) is 31.4 Å². The van der Waals surface area contributed by atoms with Crippen molar-refractivity contribution in [2.24, 2.45) is 0 Å². The molecule has 0 atom stereocenters. The lowest BCUT2D eigenvalue weighted by Gasteiger charge is -2.05. The van der Waals surface area contributed by atoms with E-state index in [9.17, 15) is 13.2 Å². The van der Waals surface area contributed by atoms with E-state index in [4.69, 9.17) is 0 Å². The van der Waals surface area contributed by atoms with Gasteiger partial charge in [0.15, 0.2) is 0 Å². The summed E-state index contributed by atoms with van der Waals surface area (Å²) in [6, 6.07) is 0.